The molecule has 2 saturated heterocycles. The third-order valence-electron chi connectivity index (χ3n) is 4.56. The average molecular weight is 275 g/mol. The van der Waals surface area contributed by atoms with Crippen LogP contribution in [0.3, 0.4) is 0 Å². The molecule has 4 heterocycles. The van der Waals surface area contributed by atoms with Gasteiger partial charge < -0.3 is 15.5 Å². The molecular formula is C13H17N5O2. The second-order valence-electron chi connectivity index (χ2n) is 6.02. The van der Waals surface area contributed by atoms with E-state index in [9.17, 15) is 9.59 Å². The monoisotopic (exact) mass is 275 g/mol. The van der Waals surface area contributed by atoms with Gasteiger partial charge in [-0.25, -0.2) is 4.79 Å². The van der Waals surface area contributed by atoms with E-state index in [4.69, 9.17) is 0 Å². The number of rotatable bonds is 1. The van der Waals surface area contributed by atoms with Gasteiger partial charge in [-0.1, -0.05) is 0 Å². The molecule has 20 heavy (non-hydrogen) atoms. The van der Waals surface area contributed by atoms with E-state index < -0.39 is 0 Å². The summed E-state index contributed by atoms with van der Waals surface area (Å²) in [4.78, 5) is 25.6. The molecule has 2 fully saturated rings. The number of fused-ring (bicyclic) bond motifs is 1. The van der Waals surface area contributed by atoms with Crippen LogP contribution in [0, 0.1) is 5.92 Å². The molecule has 0 saturated carbocycles. The highest BCUT2D eigenvalue weighted by Crippen LogP contribution is 2.28. The molecule has 3 aliphatic rings. The molecule has 0 bridgehead atoms. The number of aromatic nitrogens is 2. The van der Waals surface area contributed by atoms with Crippen LogP contribution in [0.5, 0.6) is 0 Å². The van der Waals surface area contributed by atoms with Gasteiger partial charge in [0.1, 0.15) is 0 Å². The van der Waals surface area contributed by atoms with Gasteiger partial charge in [-0.05, 0) is 12.5 Å². The van der Waals surface area contributed by atoms with Crippen LogP contribution in [0.25, 0.3) is 0 Å². The number of amides is 3. The van der Waals surface area contributed by atoms with Gasteiger partial charge in [0.05, 0.1) is 5.54 Å². The number of carbonyl (C=O) groups excluding carboxylic acids is 2. The SMILES string of the molecule is O=C1NCC2(CN(C(=O)C3CCn4nccc4C3)C2)N1. The van der Waals surface area contributed by atoms with E-state index in [2.05, 4.69) is 15.7 Å². The predicted molar refractivity (Wildman–Crippen MR) is 69.9 cm³/mol. The summed E-state index contributed by atoms with van der Waals surface area (Å²) in [5.74, 6) is 0.269. The Kier molecular flexibility index (Phi) is 2.33. The van der Waals surface area contributed by atoms with E-state index in [1.165, 1.54) is 0 Å². The Hall–Kier alpha value is -2.05. The number of hydrogen-bond donors (Lipinski definition) is 2. The third kappa shape index (κ3) is 1.69. The zero-order valence-electron chi connectivity index (χ0n) is 11.1. The van der Waals surface area contributed by atoms with Crippen molar-refractivity contribution in [3.8, 4) is 0 Å². The molecule has 7 nitrogen and oxygen atoms in total. The van der Waals surface area contributed by atoms with E-state index in [-0.39, 0.29) is 23.4 Å². The Morgan fingerprint density at radius 2 is 2.30 bits per heavy atom. The summed E-state index contributed by atoms with van der Waals surface area (Å²) in [5.41, 5.74) is 0.920. The average Bonchev–Trinajstić information content (AvgIpc) is 3.01. The largest absolute Gasteiger partial charge is 0.337 e. The van der Waals surface area contributed by atoms with Crippen LogP contribution in [-0.4, -0.2) is 51.8 Å². The van der Waals surface area contributed by atoms with Crippen LogP contribution in [0.4, 0.5) is 4.79 Å². The Morgan fingerprint density at radius 1 is 1.45 bits per heavy atom. The van der Waals surface area contributed by atoms with E-state index in [0.29, 0.717) is 19.6 Å². The van der Waals surface area contributed by atoms with Crippen molar-refractivity contribution in [2.45, 2.75) is 24.9 Å². The molecule has 0 radical (unpaired) electrons. The third-order valence-corrected chi connectivity index (χ3v) is 4.56. The van der Waals surface area contributed by atoms with E-state index in [0.717, 1.165) is 25.1 Å². The number of likely N-dealkylation sites (tertiary alicyclic amines) is 1. The normalized spacial score (nSPS) is 26.7. The lowest BCUT2D eigenvalue weighted by atomic mass is 9.87. The molecule has 3 amide bonds. The standard InChI is InChI=1S/C13H17N5O2/c19-11(9-2-4-18-10(5-9)1-3-15-18)17-7-13(8-17)6-14-12(20)16-13/h1,3,9H,2,4-8H2,(H2,14,16,20). The topological polar surface area (TPSA) is 79.3 Å². The van der Waals surface area contributed by atoms with Crippen LogP contribution >= 0.6 is 0 Å². The number of nitrogens with one attached hydrogen (secondary N) is 2. The fourth-order valence-corrected chi connectivity index (χ4v) is 3.45. The summed E-state index contributed by atoms with van der Waals surface area (Å²) >= 11 is 0. The number of carbonyl (C=O) groups is 2. The molecule has 2 N–H and O–H groups in total. The van der Waals surface area contributed by atoms with Gasteiger partial charge in [0.25, 0.3) is 0 Å². The molecular weight excluding hydrogens is 258 g/mol. The predicted octanol–water partition coefficient (Wildman–Crippen LogP) is -0.661. The fraction of sp³-hybridized carbons (Fsp3) is 0.615. The smallest absolute Gasteiger partial charge is 0.315 e. The minimum atomic E-state index is -0.219. The van der Waals surface area contributed by atoms with Crippen LogP contribution in [0.2, 0.25) is 0 Å². The zero-order chi connectivity index (χ0) is 13.7. The second-order valence-corrected chi connectivity index (χ2v) is 6.02. The highest BCUT2D eigenvalue weighted by molar-refractivity contribution is 5.83. The Bertz CT molecular complexity index is 575. The molecule has 1 atom stereocenters. The molecule has 106 valence electrons. The van der Waals surface area contributed by atoms with Crippen LogP contribution in [0.1, 0.15) is 12.1 Å². The molecule has 0 aromatic carbocycles. The maximum atomic E-state index is 12.5. The van der Waals surface area contributed by atoms with E-state index in [1.807, 2.05) is 15.6 Å². The minimum absolute atomic E-state index is 0.0570. The van der Waals surface area contributed by atoms with E-state index in [1.54, 1.807) is 6.20 Å². The van der Waals surface area contributed by atoms with Crippen LogP contribution < -0.4 is 10.6 Å². The molecule has 1 aromatic heterocycles. The minimum Gasteiger partial charge on any atom is -0.337 e. The Balaban J connectivity index is 1.39. The Labute approximate surface area is 116 Å². The number of aryl methyl sites for hydroxylation is 1. The van der Waals surface area contributed by atoms with Crippen LogP contribution in [-0.2, 0) is 17.8 Å². The lowest BCUT2D eigenvalue weighted by molar-refractivity contribution is -0.144. The molecule has 3 aliphatic heterocycles. The van der Waals surface area contributed by atoms with Crippen molar-refractivity contribution >= 4 is 11.9 Å². The van der Waals surface area contributed by atoms with Gasteiger partial charge in [0.2, 0.25) is 5.91 Å². The molecule has 7 heteroatoms. The summed E-state index contributed by atoms with van der Waals surface area (Å²) in [6, 6.07) is 1.86. The fourth-order valence-electron chi connectivity index (χ4n) is 3.45. The zero-order valence-corrected chi connectivity index (χ0v) is 11.1. The summed E-state index contributed by atoms with van der Waals surface area (Å²) in [6.45, 7) is 2.68. The molecule has 1 aromatic rings. The van der Waals surface area contributed by atoms with Gasteiger partial charge in [-0.3, -0.25) is 9.48 Å². The lowest BCUT2D eigenvalue weighted by Gasteiger charge is -2.48. The van der Waals surface area contributed by atoms with Crippen molar-refractivity contribution < 1.29 is 9.59 Å². The lowest BCUT2D eigenvalue weighted by Crippen LogP contribution is -2.70. The van der Waals surface area contributed by atoms with Crippen molar-refractivity contribution in [2.75, 3.05) is 19.6 Å². The quantitative estimate of drug-likeness (QED) is 0.714. The maximum Gasteiger partial charge on any atom is 0.315 e. The number of hydrogen-bond acceptors (Lipinski definition) is 3. The summed E-state index contributed by atoms with van der Waals surface area (Å²) < 4.78 is 1.97. The van der Waals surface area contributed by atoms with Gasteiger partial charge in [0.15, 0.2) is 0 Å². The van der Waals surface area contributed by atoms with Crippen molar-refractivity contribution in [1.29, 1.82) is 0 Å². The second kappa shape index (κ2) is 3.97. The summed E-state index contributed by atoms with van der Waals surface area (Å²) in [7, 11) is 0. The Morgan fingerprint density at radius 3 is 3.05 bits per heavy atom. The first-order valence-corrected chi connectivity index (χ1v) is 7.01. The molecule has 1 unspecified atom stereocenters. The van der Waals surface area contributed by atoms with Gasteiger partial charge in [-0.15, -0.1) is 0 Å². The summed E-state index contributed by atoms with van der Waals surface area (Å²) in [5, 5.41) is 9.90. The first-order valence-electron chi connectivity index (χ1n) is 7.01. The molecule has 1 spiro atoms. The molecule has 0 aliphatic carbocycles. The highest BCUT2D eigenvalue weighted by Gasteiger charge is 2.50. The maximum absolute atomic E-state index is 12.5. The van der Waals surface area contributed by atoms with Crippen LogP contribution in [0.15, 0.2) is 12.3 Å². The van der Waals surface area contributed by atoms with Crippen molar-refractivity contribution in [3.05, 3.63) is 18.0 Å². The van der Waals surface area contributed by atoms with Gasteiger partial charge in [-0.2, -0.15) is 5.10 Å². The first kappa shape index (κ1) is 11.7. The van der Waals surface area contributed by atoms with Gasteiger partial charge >= 0.3 is 6.03 Å². The molecule has 4 rings (SSSR count). The van der Waals surface area contributed by atoms with Crippen molar-refractivity contribution in [1.82, 2.24) is 25.3 Å². The highest BCUT2D eigenvalue weighted by atomic mass is 16.2. The van der Waals surface area contributed by atoms with Crippen molar-refractivity contribution in [3.63, 3.8) is 0 Å². The number of nitrogens with zero attached hydrogens (tertiary/aromatic N) is 3. The first-order chi connectivity index (χ1) is 9.65. The summed E-state index contributed by atoms with van der Waals surface area (Å²) in [6.07, 6.45) is 3.41. The van der Waals surface area contributed by atoms with Crippen molar-refractivity contribution in [2.24, 2.45) is 5.92 Å². The van der Waals surface area contributed by atoms with Gasteiger partial charge in [0, 0.05) is 50.4 Å². The number of urea groups is 1. The van der Waals surface area contributed by atoms with E-state index >= 15 is 0 Å².